The summed E-state index contributed by atoms with van der Waals surface area (Å²) in [5, 5.41) is 1.99. The zero-order valence-electron chi connectivity index (χ0n) is 14.3. The first-order valence-corrected chi connectivity index (χ1v) is 9.60. The maximum absolute atomic E-state index is 12.6. The quantitative estimate of drug-likeness (QED) is 0.837. The lowest BCUT2D eigenvalue weighted by Gasteiger charge is -2.33. The summed E-state index contributed by atoms with van der Waals surface area (Å²) in [7, 11) is 0. The van der Waals surface area contributed by atoms with Crippen molar-refractivity contribution in [2.75, 3.05) is 26.3 Å². The van der Waals surface area contributed by atoms with E-state index in [4.69, 9.17) is 13.9 Å². The van der Waals surface area contributed by atoms with Crippen LogP contribution in [0, 0.1) is 12.8 Å². The number of nitrogens with zero attached hydrogens (tertiary/aromatic N) is 2. The lowest BCUT2D eigenvalue weighted by Crippen LogP contribution is -2.42. The van der Waals surface area contributed by atoms with Crippen LogP contribution in [0.2, 0.25) is 0 Å². The summed E-state index contributed by atoms with van der Waals surface area (Å²) in [5.74, 6) is 1.83. The molecule has 0 aliphatic carbocycles. The zero-order valence-corrected chi connectivity index (χ0v) is 15.1. The van der Waals surface area contributed by atoms with Gasteiger partial charge >= 0.3 is 0 Å². The first-order valence-electron chi connectivity index (χ1n) is 8.72. The van der Waals surface area contributed by atoms with Gasteiger partial charge in [-0.15, -0.1) is 11.3 Å². The minimum absolute atomic E-state index is 0.0802. The molecule has 2 aliphatic heterocycles. The number of carbonyl (C=O) groups is 1. The fraction of sp³-hybridized carbons (Fsp3) is 0.556. The van der Waals surface area contributed by atoms with Crippen molar-refractivity contribution in [1.29, 1.82) is 0 Å². The molecule has 1 amide bonds. The maximum atomic E-state index is 12.6. The third-order valence-electron chi connectivity index (χ3n) is 4.87. The summed E-state index contributed by atoms with van der Waals surface area (Å²) in [6, 6.07) is 3.94. The molecule has 0 saturated carbocycles. The van der Waals surface area contributed by atoms with Crippen molar-refractivity contribution in [3.05, 3.63) is 29.0 Å². The van der Waals surface area contributed by atoms with Crippen LogP contribution in [-0.4, -0.2) is 48.4 Å². The van der Waals surface area contributed by atoms with Gasteiger partial charge in [0.15, 0.2) is 6.29 Å². The number of oxazole rings is 1. The smallest absolute Gasteiger partial charge is 0.236 e. The van der Waals surface area contributed by atoms with Crippen molar-refractivity contribution in [3.8, 4) is 10.8 Å². The van der Waals surface area contributed by atoms with E-state index in [9.17, 15) is 4.79 Å². The predicted octanol–water partition coefficient (Wildman–Crippen LogP) is 2.87. The molecule has 2 fully saturated rings. The number of piperidine rings is 1. The van der Waals surface area contributed by atoms with Gasteiger partial charge in [0.25, 0.3) is 0 Å². The average molecular weight is 362 g/mol. The Morgan fingerprint density at radius 2 is 2.08 bits per heavy atom. The van der Waals surface area contributed by atoms with Crippen LogP contribution >= 0.6 is 11.3 Å². The second-order valence-electron chi connectivity index (χ2n) is 6.50. The van der Waals surface area contributed by atoms with Crippen LogP contribution in [0.15, 0.2) is 21.9 Å². The normalized spacial score (nSPS) is 19.6. The molecule has 7 heteroatoms. The van der Waals surface area contributed by atoms with Crippen molar-refractivity contribution in [2.45, 2.75) is 32.5 Å². The molecule has 2 aromatic rings. The summed E-state index contributed by atoms with van der Waals surface area (Å²) in [6.07, 6.45) is 2.06. The molecule has 134 valence electrons. The van der Waals surface area contributed by atoms with Crippen LogP contribution in [0.3, 0.4) is 0 Å². The van der Waals surface area contributed by atoms with E-state index in [1.54, 1.807) is 11.3 Å². The highest BCUT2D eigenvalue weighted by Crippen LogP contribution is 2.28. The third-order valence-corrected chi connectivity index (χ3v) is 5.73. The number of hydrogen-bond acceptors (Lipinski definition) is 6. The molecule has 4 heterocycles. The topological polar surface area (TPSA) is 64.8 Å². The molecule has 6 nitrogen and oxygen atoms in total. The third kappa shape index (κ3) is 3.63. The molecule has 2 aromatic heterocycles. The minimum Gasteiger partial charge on any atom is -0.440 e. The SMILES string of the molecule is Cc1oc(-c2cccs2)nc1CC(=O)N1CCC(C2OCCO2)CC1. The van der Waals surface area contributed by atoms with Crippen LogP contribution in [0.25, 0.3) is 10.8 Å². The van der Waals surface area contributed by atoms with Crippen molar-refractivity contribution >= 4 is 17.2 Å². The Balaban J connectivity index is 1.35. The van der Waals surface area contributed by atoms with Crippen LogP contribution in [-0.2, 0) is 20.7 Å². The summed E-state index contributed by atoms with van der Waals surface area (Å²) in [4.78, 5) is 20.1. The van der Waals surface area contributed by atoms with Gasteiger partial charge in [-0.1, -0.05) is 6.07 Å². The number of thiophene rings is 1. The Bertz CT molecular complexity index is 714. The summed E-state index contributed by atoms with van der Waals surface area (Å²) in [6.45, 7) is 4.74. The van der Waals surface area contributed by atoms with Crippen LogP contribution in [0.5, 0.6) is 0 Å². The van der Waals surface area contributed by atoms with Crippen molar-refractivity contribution < 1.29 is 18.7 Å². The van der Waals surface area contributed by atoms with E-state index in [0.717, 1.165) is 42.3 Å². The molecule has 0 aromatic carbocycles. The van der Waals surface area contributed by atoms with Gasteiger partial charge in [-0.3, -0.25) is 4.79 Å². The van der Waals surface area contributed by atoms with Gasteiger partial charge < -0.3 is 18.8 Å². The number of likely N-dealkylation sites (tertiary alicyclic amines) is 1. The van der Waals surface area contributed by atoms with E-state index >= 15 is 0 Å². The highest BCUT2D eigenvalue weighted by atomic mass is 32.1. The predicted molar refractivity (Wildman–Crippen MR) is 93.3 cm³/mol. The van der Waals surface area contributed by atoms with E-state index < -0.39 is 0 Å². The zero-order chi connectivity index (χ0) is 17.2. The first-order chi connectivity index (χ1) is 12.2. The second kappa shape index (κ2) is 7.27. The van der Waals surface area contributed by atoms with Gasteiger partial charge in [0.1, 0.15) is 5.76 Å². The molecule has 0 unspecified atom stereocenters. The molecule has 0 bridgehead atoms. The van der Waals surface area contributed by atoms with E-state index in [1.165, 1.54) is 0 Å². The van der Waals surface area contributed by atoms with Crippen molar-refractivity contribution in [3.63, 3.8) is 0 Å². The van der Waals surface area contributed by atoms with E-state index in [2.05, 4.69) is 4.98 Å². The van der Waals surface area contributed by atoms with Gasteiger partial charge in [0, 0.05) is 19.0 Å². The Morgan fingerprint density at radius 3 is 2.76 bits per heavy atom. The van der Waals surface area contributed by atoms with Gasteiger partial charge in [-0.25, -0.2) is 4.98 Å². The summed E-state index contributed by atoms with van der Waals surface area (Å²) >= 11 is 1.58. The number of aromatic nitrogens is 1. The lowest BCUT2D eigenvalue weighted by atomic mass is 9.96. The molecule has 0 radical (unpaired) electrons. The van der Waals surface area contributed by atoms with Crippen molar-refractivity contribution in [2.24, 2.45) is 5.92 Å². The highest BCUT2D eigenvalue weighted by Gasteiger charge is 2.32. The number of amides is 1. The van der Waals surface area contributed by atoms with E-state index in [1.807, 2.05) is 29.3 Å². The molecule has 0 spiro atoms. The van der Waals surface area contributed by atoms with Gasteiger partial charge in [0.2, 0.25) is 11.8 Å². The standard InChI is InChI=1S/C18H22N2O4S/c1-12-14(19-17(24-12)15-3-2-10-25-15)11-16(21)20-6-4-13(5-7-20)18-22-8-9-23-18/h2-3,10,13,18H,4-9,11H2,1H3. The van der Waals surface area contributed by atoms with E-state index in [-0.39, 0.29) is 12.2 Å². The number of rotatable bonds is 4. The number of hydrogen-bond donors (Lipinski definition) is 0. The Morgan fingerprint density at radius 1 is 1.32 bits per heavy atom. The first kappa shape index (κ1) is 16.8. The van der Waals surface area contributed by atoms with Crippen molar-refractivity contribution in [1.82, 2.24) is 9.88 Å². The highest BCUT2D eigenvalue weighted by molar-refractivity contribution is 7.13. The Hall–Kier alpha value is -1.70. The largest absolute Gasteiger partial charge is 0.440 e. The van der Waals surface area contributed by atoms with Crippen LogP contribution < -0.4 is 0 Å². The molecule has 0 atom stereocenters. The van der Waals surface area contributed by atoms with E-state index in [0.29, 0.717) is 31.4 Å². The Kier molecular flexibility index (Phi) is 4.87. The van der Waals surface area contributed by atoms with Gasteiger partial charge in [0.05, 0.1) is 30.2 Å². The summed E-state index contributed by atoms with van der Waals surface area (Å²) in [5.41, 5.74) is 0.734. The monoisotopic (exact) mass is 362 g/mol. The Labute approximate surface area is 150 Å². The number of carbonyl (C=O) groups excluding carboxylic acids is 1. The molecule has 25 heavy (non-hydrogen) atoms. The molecular formula is C18H22N2O4S. The fourth-order valence-corrected chi connectivity index (χ4v) is 4.07. The molecular weight excluding hydrogens is 340 g/mol. The number of aryl methyl sites for hydroxylation is 1. The fourth-order valence-electron chi connectivity index (χ4n) is 3.42. The average Bonchev–Trinajstić information content (AvgIpc) is 3.38. The second-order valence-corrected chi connectivity index (χ2v) is 7.45. The maximum Gasteiger partial charge on any atom is 0.236 e. The lowest BCUT2D eigenvalue weighted by molar-refractivity contribution is -0.136. The van der Waals surface area contributed by atoms with Gasteiger partial charge in [-0.05, 0) is 31.2 Å². The molecule has 0 N–H and O–H groups in total. The minimum atomic E-state index is -0.0802. The van der Waals surface area contributed by atoms with Crippen LogP contribution in [0.1, 0.15) is 24.3 Å². The number of ether oxygens (including phenoxy) is 2. The molecule has 2 saturated heterocycles. The molecule has 4 rings (SSSR count). The van der Waals surface area contributed by atoms with Crippen LogP contribution in [0.4, 0.5) is 0 Å². The van der Waals surface area contributed by atoms with Gasteiger partial charge in [-0.2, -0.15) is 0 Å². The molecule has 2 aliphatic rings. The summed E-state index contributed by atoms with van der Waals surface area (Å²) < 4.78 is 16.9.